The summed E-state index contributed by atoms with van der Waals surface area (Å²) >= 11 is 0. The van der Waals surface area contributed by atoms with Gasteiger partial charge in [0.2, 0.25) is 0 Å². The molecule has 52 valence electrons. The lowest BCUT2D eigenvalue weighted by atomic mass is 9.59. The molecule has 1 saturated carbocycles. The summed E-state index contributed by atoms with van der Waals surface area (Å²) in [4.78, 5) is 0. The van der Waals surface area contributed by atoms with Gasteiger partial charge in [-0.1, -0.05) is 38.5 Å². The van der Waals surface area contributed by atoms with Gasteiger partial charge < -0.3 is 0 Å². The van der Waals surface area contributed by atoms with Crippen LogP contribution in [0.25, 0.3) is 0 Å². The van der Waals surface area contributed by atoms with Crippen molar-refractivity contribution >= 4 is 15.7 Å². The fraction of sp³-hybridized carbons (Fsp3) is 1.00. The van der Waals surface area contributed by atoms with Gasteiger partial charge in [0.25, 0.3) is 0 Å². The summed E-state index contributed by atoms with van der Waals surface area (Å²) in [5, 5.41) is 0. The molecule has 0 nitrogen and oxygen atoms in total. The fourth-order valence-electron chi connectivity index (χ4n) is 1.67. The molecule has 10 heavy (non-hydrogen) atoms. The van der Waals surface area contributed by atoms with Crippen molar-refractivity contribution in [3.8, 4) is 0 Å². The number of hydrogen-bond acceptors (Lipinski definition) is 0. The van der Waals surface area contributed by atoms with Crippen molar-refractivity contribution in [1.82, 2.24) is 0 Å². The number of hydrogen-bond donors (Lipinski definition) is 0. The highest BCUT2D eigenvalue weighted by Gasteiger charge is 2.19. The topological polar surface area (TPSA) is 0 Å². The van der Waals surface area contributed by atoms with Gasteiger partial charge in [0, 0.05) is 0 Å². The smallest absolute Gasteiger partial charge is 0.0579 e. The first-order valence-electron chi connectivity index (χ1n) is 4.21. The maximum atomic E-state index is 5.59. The van der Waals surface area contributed by atoms with Gasteiger partial charge in [-0.05, 0) is 5.92 Å². The van der Waals surface area contributed by atoms with Crippen LogP contribution in [0.4, 0.5) is 0 Å². The SMILES string of the molecule is [B]C([B])C1CCC(C)CC1. The van der Waals surface area contributed by atoms with E-state index in [1.165, 1.54) is 25.7 Å². The monoisotopic (exact) mass is 132 g/mol. The Kier molecular flexibility index (Phi) is 2.88. The molecule has 0 atom stereocenters. The lowest BCUT2D eigenvalue weighted by molar-refractivity contribution is 0.300. The van der Waals surface area contributed by atoms with Crippen LogP contribution >= 0.6 is 0 Å². The Hall–Kier alpha value is 0.130. The summed E-state index contributed by atoms with van der Waals surface area (Å²) < 4.78 is 0. The second-order valence-electron chi connectivity index (χ2n) is 3.60. The Morgan fingerprint density at radius 1 is 1.10 bits per heavy atom. The van der Waals surface area contributed by atoms with Gasteiger partial charge in [0.15, 0.2) is 0 Å². The van der Waals surface area contributed by atoms with E-state index in [1.807, 2.05) is 0 Å². The van der Waals surface area contributed by atoms with Gasteiger partial charge >= 0.3 is 0 Å². The van der Waals surface area contributed by atoms with Crippen molar-refractivity contribution in [2.75, 3.05) is 0 Å². The molecule has 1 aliphatic carbocycles. The summed E-state index contributed by atoms with van der Waals surface area (Å²) in [5.74, 6) is 1.49. The lowest BCUT2D eigenvalue weighted by Crippen LogP contribution is -2.17. The summed E-state index contributed by atoms with van der Waals surface area (Å²) in [7, 11) is 11.2. The second-order valence-corrected chi connectivity index (χ2v) is 3.60. The van der Waals surface area contributed by atoms with E-state index in [2.05, 4.69) is 6.92 Å². The van der Waals surface area contributed by atoms with Crippen molar-refractivity contribution in [3.63, 3.8) is 0 Å². The van der Waals surface area contributed by atoms with E-state index in [-0.39, 0.29) is 5.72 Å². The third-order valence-corrected chi connectivity index (χ3v) is 2.60. The van der Waals surface area contributed by atoms with E-state index in [0.717, 1.165) is 5.92 Å². The quantitative estimate of drug-likeness (QED) is 0.477. The Labute approximate surface area is 66.6 Å². The van der Waals surface area contributed by atoms with Gasteiger partial charge in [0.1, 0.15) is 0 Å². The number of rotatable bonds is 1. The van der Waals surface area contributed by atoms with Crippen molar-refractivity contribution < 1.29 is 0 Å². The molecule has 1 rings (SSSR count). The molecule has 0 aromatic heterocycles. The summed E-state index contributed by atoms with van der Waals surface area (Å²) in [6.07, 6.45) is 5.10. The molecule has 0 bridgehead atoms. The van der Waals surface area contributed by atoms with Gasteiger partial charge in [0.05, 0.1) is 15.7 Å². The first-order valence-corrected chi connectivity index (χ1v) is 4.21. The minimum atomic E-state index is -0.0764. The fourth-order valence-corrected chi connectivity index (χ4v) is 1.67. The summed E-state index contributed by atoms with van der Waals surface area (Å²) in [6, 6.07) is 0. The zero-order chi connectivity index (χ0) is 7.56. The average molecular weight is 132 g/mol. The van der Waals surface area contributed by atoms with Gasteiger partial charge in [-0.15, -0.1) is 5.72 Å². The second kappa shape index (κ2) is 3.50. The Bertz CT molecular complexity index is 93.4. The highest BCUT2D eigenvalue weighted by atomic mass is 14.2. The van der Waals surface area contributed by atoms with Crippen LogP contribution in [0.1, 0.15) is 32.6 Å². The lowest BCUT2D eigenvalue weighted by Gasteiger charge is -2.29. The first-order chi connectivity index (χ1) is 4.70. The van der Waals surface area contributed by atoms with Crippen LogP contribution in [0, 0.1) is 11.8 Å². The van der Waals surface area contributed by atoms with Crippen molar-refractivity contribution in [2.24, 2.45) is 11.8 Å². The minimum absolute atomic E-state index is 0.0764. The van der Waals surface area contributed by atoms with Crippen molar-refractivity contribution in [3.05, 3.63) is 0 Å². The van der Waals surface area contributed by atoms with Crippen LogP contribution in [-0.2, 0) is 0 Å². The highest BCUT2D eigenvalue weighted by Crippen LogP contribution is 2.32. The Morgan fingerprint density at radius 3 is 2.00 bits per heavy atom. The molecule has 0 aromatic rings. The molecule has 1 fully saturated rings. The molecule has 2 heteroatoms. The maximum Gasteiger partial charge on any atom is 0.0579 e. The average Bonchev–Trinajstić information content (AvgIpc) is 1.88. The normalized spacial score (nSPS) is 34.6. The van der Waals surface area contributed by atoms with E-state index >= 15 is 0 Å². The molecule has 0 unspecified atom stereocenters. The maximum absolute atomic E-state index is 5.59. The third kappa shape index (κ3) is 2.07. The first kappa shape index (κ1) is 8.23. The Morgan fingerprint density at radius 2 is 1.60 bits per heavy atom. The van der Waals surface area contributed by atoms with Crippen LogP contribution in [0.3, 0.4) is 0 Å². The zero-order valence-electron chi connectivity index (χ0n) is 6.72. The molecular weight excluding hydrogens is 118 g/mol. The summed E-state index contributed by atoms with van der Waals surface area (Å²) in [6.45, 7) is 2.30. The molecule has 0 N–H and O–H groups in total. The van der Waals surface area contributed by atoms with Crippen LogP contribution in [0.15, 0.2) is 0 Å². The molecule has 0 heterocycles. The highest BCUT2D eigenvalue weighted by molar-refractivity contribution is 6.35. The van der Waals surface area contributed by atoms with Gasteiger partial charge in [-0.25, -0.2) is 0 Å². The standard InChI is InChI=1S/C8H14B2/c1-6-2-4-7(5-3-6)8(9)10/h6-8H,2-5H2,1H3. The van der Waals surface area contributed by atoms with E-state index in [4.69, 9.17) is 15.7 Å². The predicted molar refractivity (Wildman–Crippen MR) is 46.4 cm³/mol. The zero-order valence-corrected chi connectivity index (χ0v) is 6.72. The van der Waals surface area contributed by atoms with Gasteiger partial charge in [-0.2, -0.15) is 0 Å². The molecule has 0 aromatic carbocycles. The minimum Gasteiger partial charge on any atom is -0.107 e. The molecule has 0 amide bonds. The van der Waals surface area contributed by atoms with Crippen LogP contribution in [0.2, 0.25) is 5.72 Å². The van der Waals surface area contributed by atoms with Crippen molar-refractivity contribution in [2.45, 2.75) is 38.3 Å². The third-order valence-electron chi connectivity index (χ3n) is 2.60. The van der Waals surface area contributed by atoms with Gasteiger partial charge in [-0.3, -0.25) is 0 Å². The van der Waals surface area contributed by atoms with E-state index < -0.39 is 0 Å². The summed E-state index contributed by atoms with van der Waals surface area (Å²) in [5.41, 5.74) is -0.0764. The van der Waals surface area contributed by atoms with Crippen molar-refractivity contribution in [1.29, 1.82) is 0 Å². The molecular formula is C8H14B2. The molecule has 0 aliphatic heterocycles. The molecule has 1 aliphatic rings. The molecule has 4 radical (unpaired) electrons. The van der Waals surface area contributed by atoms with E-state index in [1.54, 1.807) is 0 Å². The molecule has 0 spiro atoms. The predicted octanol–water partition coefficient (Wildman–Crippen LogP) is 1.90. The van der Waals surface area contributed by atoms with E-state index in [9.17, 15) is 0 Å². The Balaban J connectivity index is 2.26. The van der Waals surface area contributed by atoms with E-state index in [0.29, 0.717) is 5.92 Å². The van der Waals surface area contributed by atoms with Crippen LogP contribution in [0.5, 0.6) is 0 Å². The molecule has 0 saturated heterocycles. The van der Waals surface area contributed by atoms with Crippen LogP contribution in [-0.4, -0.2) is 15.7 Å². The largest absolute Gasteiger partial charge is 0.107 e. The van der Waals surface area contributed by atoms with Crippen LogP contribution < -0.4 is 0 Å².